The first kappa shape index (κ1) is 13.5. The Bertz CT molecular complexity index is 553. The van der Waals surface area contributed by atoms with E-state index in [1.54, 1.807) is 12.1 Å². The van der Waals surface area contributed by atoms with E-state index in [0.717, 1.165) is 5.01 Å². The van der Waals surface area contributed by atoms with Gasteiger partial charge in [0, 0.05) is 5.56 Å². The molecule has 0 fully saturated rings. The molecule has 0 bridgehead atoms. The molecule has 2 rings (SSSR count). The summed E-state index contributed by atoms with van der Waals surface area (Å²) in [5.74, 6) is 0.0908. The van der Waals surface area contributed by atoms with Crippen LogP contribution in [0, 0.1) is 5.92 Å². The molecule has 2 aromatic rings. The van der Waals surface area contributed by atoms with Gasteiger partial charge in [-0.3, -0.25) is 4.79 Å². The van der Waals surface area contributed by atoms with Gasteiger partial charge in [0.05, 0.1) is 6.04 Å². The van der Waals surface area contributed by atoms with Crippen LogP contribution in [0.4, 0.5) is 5.13 Å². The van der Waals surface area contributed by atoms with Gasteiger partial charge in [-0.25, -0.2) is 0 Å². The van der Waals surface area contributed by atoms with E-state index in [9.17, 15) is 4.79 Å². The van der Waals surface area contributed by atoms with Gasteiger partial charge >= 0.3 is 0 Å². The normalized spacial score (nSPS) is 12.4. The third kappa shape index (κ3) is 3.29. The smallest absolute Gasteiger partial charge is 0.251 e. The molecule has 0 saturated carbocycles. The van der Waals surface area contributed by atoms with Gasteiger partial charge in [-0.15, -0.1) is 10.2 Å². The number of hydrogen-bond donors (Lipinski definition) is 2. The van der Waals surface area contributed by atoms with Gasteiger partial charge in [-0.2, -0.15) is 0 Å². The molecular formula is C13H16N4OS. The Labute approximate surface area is 115 Å². The summed E-state index contributed by atoms with van der Waals surface area (Å²) in [6, 6.07) is 8.93. The van der Waals surface area contributed by atoms with Crippen LogP contribution in [0.3, 0.4) is 0 Å². The third-order valence-corrected chi connectivity index (χ3v) is 3.55. The zero-order valence-electron chi connectivity index (χ0n) is 10.8. The molecule has 3 N–H and O–H groups in total. The molecule has 0 spiro atoms. The zero-order chi connectivity index (χ0) is 13.8. The first-order chi connectivity index (χ1) is 9.08. The molecule has 1 amide bonds. The SMILES string of the molecule is CC(C)[C@@H](NC(=O)c1ccccc1)c1nnc(N)s1. The van der Waals surface area contributed by atoms with Crippen LogP contribution in [0.2, 0.25) is 0 Å². The van der Waals surface area contributed by atoms with E-state index < -0.39 is 0 Å². The number of rotatable bonds is 4. The largest absolute Gasteiger partial charge is 0.374 e. The number of amides is 1. The molecule has 1 atom stereocenters. The Morgan fingerprint density at radius 3 is 2.47 bits per heavy atom. The number of nitrogens with zero attached hydrogens (tertiary/aromatic N) is 2. The lowest BCUT2D eigenvalue weighted by atomic mass is 10.0. The molecular weight excluding hydrogens is 260 g/mol. The Kier molecular flexibility index (Phi) is 4.11. The highest BCUT2D eigenvalue weighted by Crippen LogP contribution is 2.26. The van der Waals surface area contributed by atoms with Crippen LogP contribution in [0.15, 0.2) is 30.3 Å². The van der Waals surface area contributed by atoms with E-state index >= 15 is 0 Å². The van der Waals surface area contributed by atoms with Gasteiger partial charge in [0.1, 0.15) is 5.01 Å². The molecule has 1 aromatic carbocycles. The van der Waals surface area contributed by atoms with Crippen molar-refractivity contribution < 1.29 is 4.79 Å². The lowest BCUT2D eigenvalue weighted by Gasteiger charge is -2.19. The number of carbonyl (C=O) groups excluding carboxylic acids is 1. The predicted octanol–water partition coefficient (Wildman–Crippen LogP) is 2.25. The average molecular weight is 276 g/mol. The summed E-state index contributed by atoms with van der Waals surface area (Å²) in [7, 11) is 0. The number of carbonyl (C=O) groups is 1. The summed E-state index contributed by atoms with van der Waals surface area (Å²) in [4.78, 5) is 12.2. The number of nitrogens with two attached hydrogens (primary N) is 1. The molecule has 0 unspecified atom stereocenters. The Balaban J connectivity index is 2.16. The third-order valence-electron chi connectivity index (χ3n) is 2.71. The van der Waals surface area contributed by atoms with E-state index in [1.807, 2.05) is 32.0 Å². The van der Waals surface area contributed by atoms with E-state index in [-0.39, 0.29) is 17.9 Å². The van der Waals surface area contributed by atoms with Gasteiger partial charge in [-0.05, 0) is 18.1 Å². The molecule has 0 saturated heterocycles. The topological polar surface area (TPSA) is 80.9 Å². The van der Waals surface area contributed by atoms with Gasteiger partial charge < -0.3 is 11.1 Å². The molecule has 1 aromatic heterocycles. The quantitative estimate of drug-likeness (QED) is 0.897. The van der Waals surface area contributed by atoms with Crippen LogP contribution in [0.1, 0.15) is 35.3 Å². The number of nitrogens with one attached hydrogen (secondary N) is 1. The monoisotopic (exact) mass is 276 g/mol. The van der Waals surface area contributed by atoms with Crippen LogP contribution in [-0.4, -0.2) is 16.1 Å². The Morgan fingerprint density at radius 2 is 1.95 bits per heavy atom. The first-order valence-electron chi connectivity index (χ1n) is 6.02. The number of nitrogen functional groups attached to an aromatic ring is 1. The lowest BCUT2D eigenvalue weighted by molar-refractivity contribution is 0.0925. The highest BCUT2D eigenvalue weighted by molar-refractivity contribution is 7.15. The minimum absolute atomic E-state index is 0.118. The highest BCUT2D eigenvalue weighted by atomic mass is 32.1. The summed E-state index contributed by atoms with van der Waals surface area (Å²) < 4.78 is 0. The van der Waals surface area contributed by atoms with Gasteiger partial charge in [0.15, 0.2) is 0 Å². The van der Waals surface area contributed by atoms with Crippen molar-refractivity contribution in [2.75, 3.05) is 5.73 Å². The number of aromatic nitrogens is 2. The van der Waals surface area contributed by atoms with Crippen molar-refractivity contribution in [1.29, 1.82) is 0 Å². The molecule has 6 heteroatoms. The molecule has 0 aliphatic rings. The number of hydrogen-bond acceptors (Lipinski definition) is 5. The van der Waals surface area contributed by atoms with Crippen molar-refractivity contribution in [3.63, 3.8) is 0 Å². The minimum Gasteiger partial charge on any atom is -0.374 e. The maximum atomic E-state index is 12.2. The van der Waals surface area contributed by atoms with Crippen molar-refractivity contribution in [1.82, 2.24) is 15.5 Å². The van der Waals surface area contributed by atoms with Crippen molar-refractivity contribution in [3.8, 4) is 0 Å². The van der Waals surface area contributed by atoms with E-state index in [2.05, 4.69) is 15.5 Å². The lowest BCUT2D eigenvalue weighted by Crippen LogP contribution is -2.31. The molecule has 19 heavy (non-hydrogen) atoms. The Hall–Kier alpha value is -1.95. The molecule has 0 radical (unpaired) electrons. The Morgan fingerprint density at radius 1 is 1.26 bits per heavy atom. The van der Waals surface area contributed by atoms with Gasteiger partial charge in [0.25, 0.3) is 5.91 Å². The van der Waals surface area contributed by atoms with Crippen molar-refractivity contribution >= 4 is 22.4 Å². The van der Waals surface area contributed by atoms with Gasteiger partial charge in [0.2, 0.25) is 5.13 Å². The van der Waals surface area contributed by atoms with Crippen molar-refractivity contribution in [3.05, 3.63) is 40.9 Å². The fourth-order valence-electron chi connectivity index (χ4n) is 1.70. The van der Waals surface area contributed by atoms with E-state index in [4.69, 9.17) is 5.73 Å². The summed E-state index contributed by atoms with van der Waals surface area (Å²) in [6.07, 6.45) is 0. The summed E-state index contributed by atoms with van der Waals surface area (Å²) in [5, 5.41) is 11.9. The zero-order valence-corrected chi connectivity index (χ0v) is 11.6. The standard InChI is InChI=1S/C13H16N4OS/c1-8(2)10(12-16-17-13(14)19-12)15-11(18)9-6-4-3-5-7-9/h3-8,10H,1-2H3,(H2,14,17)(H,15,18)/t10-/m1/s1. The van der Waals surface area contributed by atoms with Crippen molar-refractivity contribution in [2.24, 2.45) is 5.92 Å². The molecule has 5 nitrogen and oxygen atoms in total. The van der Waals surface area contributed by atoms with E-state index in [1.165, 1.54) is 11.3 Å². The number of anilines is 1. The van der Waals surface area contributed by atoms with Crippen LogP contribution in [-0.2, 0) is 0 Å². The maximum absolute atomic E-state index is 12.2. The minimum atomic E-state index is -0.178. The predicted molar refractivity (Wildman–Crippen MR) is 75.8 cm³/mol. The van der Waals surface area contributed by atoms with Crippen LogP contribution in [0.5, 0.6) is 0 Å². The van der Waals surface area contributed by atoms with Gasteiger partial charge in [-0.1, -0.05) is 43.4 Å². The highest BCUT2D eigenvalue weighted by Gasteiger charge is 2.22. The fraction of sp³-hybridized carbons (Fsp3) is 0.308. The summed E-state index contributed by atoms with van der Waals surface area (Å²) in [6.45, 7) is 4.04. The van der Waals surface area contributed by atoms with E-state index in [0.29, 0.717) is 10.7 Å². The van der Waals surface area contributed by atoms with Crippen molar-refractivity contribution in [2.45, 2.75) is 19.9 Å². The van der Waals surface area contributed by atoms with Crippen LogP contribution >= 0.6 is 11.3 Å². The number of benzene rings is 1. The van der Waals surface area contributed by atoms with Crippen LogP contribution < -0.4 is 11.1 Å². The molecule has 1 heterocycles. The summed E-state index contributed by atoms with van der Waals surface area (Å²) >= 11 is 1.30. The second-order valence-electron chi connectivity index (χ2n) is 4.54. The average Bonchev–Trinajstić information content (AvgIpc) is 2.82. The summed E-state index contributed by atoms with van der Waals surface area (Å²) in [5.41, 5.74) is 6.22. The molecule has 100 valence electrons. The fourth-order valence-corrected chi connectivity index (χ4v) is 2.54. The molecule has 0 aliphatic heterocycles. The van der Waals surface area contributed by atoms with Crippen LogP contribution in [0.25, 0.3) is 0 Å². The first-order valence-corrected chi connectivity index (χ1v) is 6.84. The second-order valence-corrected chi connectivity index (χ2v) is 5.58. The molecule has 0 aliphatic carbocycles. The maximum Gasteiger partial charge on any atom is 0.251 e. The second kappa shape index (κ2) is 5.79.